The van der Waals surface area contributed by atoms with Crippen molar-refractivity contribution in [2.24, 2.45) is 0 Å². The molecule has 1 heterocycles. The lowest BCUT2D eigenvalue weighted by Gasteiger charge is -2.36. The molecular weight excluding hydrogens is 840 g/mol. The molecule has 2 aromatic carbocycles. The van der Waals surface area contributed by atoms with E-state index < -0.39 is 20.2 Å². The lowest BCUT2D eigenvalue weighted by atomic mass is 10.0. The fourth-order valence-electron chi connectivity index (χ4n) is 7.09. The third-order valence-electron chi connectivity index (χ3n) is 11.0. The first-order chi connectivity index (χ1) is 29.6. The second kappa shape index (κ2) is 32.8. The molecule has 2 N–H and O–H groups in total. The Morgan fingerprint density at radius 1 is 0.820 bits per heavy atom. The van der Waals surface area contributed by atoms with Crippen molar-refractivity contribution in [1.82, 2.24) is 9.80 Å². The largest absolute Gasteiger partial charge is 0.472 e. The summed E-state index contributed by atoms with van der Waals surface area (Å²) in [5, 5.41) is 4.25. The molecule has 348 valence electrons. The van der Waals surface area contributed by atoms with E-state index in [2.05, 4.69) is 12.2 Å². The molecule has 2 aromatic rings. The molecule has 1 fully saturated rings. The van der Waals surface area contributed by atoms with Crippen LogP contribution in [-0.2, 0) is 43.8 Å². The van der Waals surface area contributed by atoms with Gasteiger partial charge in [-0.25, -0.2) is 4.57 Å². The van der Waals surface area contributed by atoms with E-state index in [1.54, 1.807) is 23.1 Å². The Balaban J connectivity index is 1.41. The standard InChI is InChI=1S/C46H76Cl2N3O9P/c1-4-6-7-8-9-10-11-12-13-14-15-16-17-18-23-32-55-37-56-35-40(36-60-61(53,54)59-33-31-50(3)5-2)57-38-58-45-29-21-22-30-51(45)44(52)34-39-25-19-20-28-43(39)49-46-41(47)26-24-27-42(46)48/h19-20,24-28,40,45,49H,4-18,21-23,29-38H2,1-3H3,(H,53,54). The number of hydrogen-bond acceptors (Lipinski definition) is 10. The van der Waals surface area contributed by atoms with Crippen LogP contribution in [-0.4, -0.2) is 99.6 Å². The van der Waals surface area contributed by atoms with E-state index in [4.69, 9.17) is 51.2 Å². The van der Waals surface area contributed by atoms with Crippen LogP contribution in [0.1, 0.15) is 135 Å². The number of unbranched alkanes of at least 4 members (excludes halogenated alkanes) is 14. The van der Waals surface area contributed by atoms with Crippen LogP contribution in [0.15, 0.2) is 42.5 Å². The predicted octanol–water partition coefficient (Wildman–Crippen LogP) is 11.9. The first-order valence-electron chi connectivity index (χ1n) is 22.9. The normalized spacial score (nSPS) is 15.9. The third kappa shape index (κ3) is 23.6. The highest BCUT2D eigenvalue weighted by Crippen LogP contribution is 2.43. The average Bonchev–Trinajstić information content (AvgIpc) is 3.25. The second-order valence-electron chi connectivity index (χ2n) is 16.0. The van der Waals surface area contributed by atoms with Crippen LogP contribution in [0.2, 0.25) is 10.0 Å². The quantitative estimate of drug-likeness (QED) is 0.0385. The SMILES string of the molecule is CCCCCCCCCCCCCCCCCOCOCC(COP(=O)(O)OCCN(C)CC)OCOC1CCCCN1C(=O)Cc1ccccc1Nc1c(Cl)cccc1Cl. The predicted molar refractivity (Wildman–Crippen MR) is 247 cm³/mol. The Morgan fingerprint density at radius 3 is 2.11 bits per heavy atom. The molecule has 3 unspecified atom stereocenters. The van der Waals surface area contributed by atoms with Gasteiger partial charge in [-0.15, -0.1) is 0 Å². The summed E-state index contributed by atoms with van der Waals surface area (Å²) in [6.07, 6.45) is 20.8. The molecule has 0 bridgehead atoms. The van der Waals surface area contributed by atoms with Crippen molar-refractivity contribution in [3.63, 3.8) is 0 Å². The summed E-state index contributed by atoms with van der Waals surface area (Å²) in [6.45, 7) is 6.32. The van der Waals surface area contributed by atoms with E-state index >= 15 is 0 Å². The minimum absolute atomic E-state index is 0.0351. The van der Waals surface area contributed by atoms with Gasteiger partial charge in [-0.05, 0) is 63.0 Å². The number of phosphoric ester groups is 1. The summed E-state index contributed by atoms with van der Waals surface area (Å²) in [6, 6.07) is 12.8. The van der Waals surface area contributed by atoms with Crippen molar-refractivity contribution in [3.8, 4) is 0 Å². The number of piperidine rings is 1. The minimum atomic E-state index is -4.35. The zero-order valence-corrected chi connectivity index (χ0v) is 39.7. The van der Waals surface area contributed by atoms with Gasteiger partial charge in [0.15, 0.2) is 0 Å². The van der Waals surface area contributed by atoms with Gasteiger partial charge in [-0.3, -0.25) is 13.8 Å². The number of anilines is 2. The van der Waals surface area contributed by atoms with E-state index in [1.165, 1.54) is 83.5 Å². The number of likely N-dealkylation sites (N-methyl/N-ethyl adjacent to an activating group) is 1. The smallest absolute Gasteiger partial charge is 0.355 e. The Labute approximate surface area is 377 Å². The van der Waals surface area contributed by atoms with Gasteiger partial charge in [0, 0.05) is 25.4 Å². The summed E-state index contributed by atoms with van der Waals surface area (Å²) < 4.78 is 46.8. The molecule has 3 atom stereocenters. The Bertz CT molecular complexity index is 1490. The van der Waals surface area contributed by atoms with Crippen LogP contribution < -0.4 is 5.32 Å². The Kier molecular flexibility index (Phi) is 28.8. The number of halogens is 2. The van der Waals surface area contributed by atoms with Crippen LogP contribution in [0.5, 0.6) is 0 Å². The molecule has 15 heteroatoms. The lowest BCUT2D eigenvalue weighted by molar-refractivity contribution is -0.192. The van der Waals surface area contributed by atoms with E-state index in [0.717, 1.165) is 43.5 Å². The number of carbonyl (C=O) groups is 1. The monoisotopic (exact) mass is 915 g/mol. The maximum Gasteiger partial charge on any atom is 0.472 e. The molecule has 3 rings (SSSR count). The van der Waals surface area contributed by atoms with Gasteiger partial charge in [0.25, 0.3) is 0 Å². The maximum atomic E-state index is 13.8. The number of para-hydroxylation sites is 2. The highest BCUT2D eigenvalue weighted by molar-refractivity contribution is 7.47. The van der Waals surface area contributed by atoms with Gasteiger partial charge in [0.05, 0.1) is 42.0 Å². The topological polar surface area (TPSA) is 128 Å². The van der Waals surface area contributed by atoms with Crippen molar-refractivity contribution in [3.05, 3.63) is 58.1 Å². The van der Waals surface area contributed by atoms with Crippen molar-refractivity contribution in [2.75, 3.05) is 72.0 Å². The molecule has 1 aliphatic rings. The number of nitrogens with zero attached hydrogens (tertiary/aromatic N) is 2. The first kappa shape index (κ1) is 53.5. The number of rotatable bonds is 36. The average molecular weight is 917 g/mol. The minimum Gasteiger partial charge on any atom is -0.355 e. The fraction of sp³-hybridized carbons (Fsp3) is 0.717. The van der Waals surface area contributed by atoms with E-state index in [1.807, 2.05) is 43.1 Å². The fourth-order valence-corrected chi connectivity index (χ4v) is 8.32. The Hall–Kier alpha value is -1.80. The molecular formula is C46H76Cl2N3O9P. The molecule has 0 aromatic heterocycles. The van der Waals surface area contributed by atoms with Crippen LogP contribution in [0.3, 0.4) is 0 Å². The Morgan fingerprint density at radius 2 is 1.46 bits per heavy atom. The number of amides is 1. The number of carbonyl (C=O) groups excluding carboxylic acids is 1. The number of ether oxygens (including phenoxy) is 4. The number of hydrogen-bond donors (Lipinski definition) is 2. The molecule has 1 aliphatic heterocycles. The molecule has 12 nitrogen and oxygen atoms in total. The van der Waals surface area contributed by atoms with Crippen LogP contribution >= 0.6 is 31.0 Å². The van der Waals surface area contributed by atoms with Gasteiger partial charge in [-0.1, -0.05) is 151 Å². The number of phosphoric acid groups is 1. The molecule has 0 aliphatic carbocycles. The van der Waals surface area contributed by atoms with E-state index in [-0.39, 0.29) is 45.7 Å². The molecule has 0 spiro atoms. The molecule has 1 saturated heterocycles. The third-order valence-corrected chi connectivity index (χ3v) is 12.6. The van der Waals surface area contributed by atoms with Gasteiger partial charge < -0.3 is 39.0 Å². The summed E-state index contributed by atoms with van der Waals surface area (Å²) in [5.41, 5.74) is 2.09. The van der Waals surface area contributed by atoms with Crippen LogP contribution in [0.4, 0.5) is 11.4 Å². The summed E-state index contributed by atoms with van der Waals surface area (Å²) in [5.74, 6) is -0.0919. The zero-order valence-electron chi connectivity index (χ0n) is 37.3. The second-order valence-corrected chi connectivity index (χ2v) is 18.3. The van der Waals surface area contributed by atoms with Gasteiger partial charge in [-0.2, -0.15) is 0 Å². The summed E-state index contributed by atoms with van der Waals surface area (Å²) >= 11 is 12.8. The zero-order chi connectivity index (χ0) is 44.0. The number of likely N-dealkylation sites (tertiary alicyclic amines) is 1. The van der Waals surface area contributed by atoms with Crippen molar-refractivity contribution < 1.29 is 42.2 Å². The lowest BCUT2D eigenvalue weighted by Crippen LogP contribution is -2.46. The van der Waals surface area contributed by atoms with E-state index in [0.29, 0.717) is 41.8 Å². The highest BCUT2D eigenvalue weighted by atomic mass is 35.5. The van der Waals surface area contributed by atoms with Gasteiger partial charge in [0.2, 0.25) is 5.91 Å². The molecule has 61 heavy (non-hydrogen) atoms. The first-order valence-corrected chi connectivity index (χ1v) is 25.2. The molecule has 0 saturated carbocycles. The summed E-state index contributed by atoms with van der Waals surface area (Å²) in [4.78, 5) is 27.8. The number of benzene rings is 2. The summed E-state index contributed by atoms with van der Waals surface area (Å²) in [7, 11) is -2.45. The van der Waals surface area contributed by atoms with Crippen molar-refractivity contribution in [2.45, 2.75) is 148 Å². The van der Waals surface area contributed by atoms with E-state index in [9.17, 15) is 14.3 Å². The van der Waals surface area contributed by atoms with Crippen molar-refractivity contribution in [1.29, 1.82) is 0 Å². The van der Waals surface area contributed by atoms with Crippen LogP contribution in [0, 0.1) is 0 Å². The maximum absolute atomic E-state index is 13.8. The van der Waals surface area contributed by atoms with Gasteiger partial charge >= 0.3 is 7.82 Å². The van der Waals surface area contributed by atoms with Gasteiger partial charge in [0.1, 0.15) is 25.9 Å². The molecule has 0 radical (unpaired) electrons. The van der Waals surface area contributed by atoms with Crippen LogP contribution in [0.25, 0.3) is 0 Å². The highest BCUT2D eigenvalue weighted by Gasteiger charge is 2.29. The van der Waals surface area contributed by atoms with Crippen molar-refractivity contribution >= 4 is 48.3 Å². The number of nitrogens with one attached hydrogen (secondary N) is 1. The molecule has 1 amide bonds.